The number of ether oxygens (including phenoxy) is 1. The highest BCUT2D eigenvalue weighted by molar-refractivity contribution is 6.00. The third-order valence-electron chi connectivity index (χ3n) is 4.56. The third kappa shape index (κ3) is 3.30. The first kappa shape index (κ1) is 17.2. The number of anilines is 1. The van der Waals surface area contributed by atoms with Crippen molar-refractivity contribution in [3.8, 4) is 5.69 Å². The van der Waals surface area contributed by atoms with Crippen LogP contribution in [0.3, 0.4) is 0 Å². The molecule has 6 heteroatoms. The maximum Gasteiger partial charge on any atom is 0.250 e. The molecule has 1 aromatic carbocycles. The summed E-state index contributed by atoms with van der Waals surface area (Å²) in [5.41, 5.74) is 10.4. The molecular formula is C19H23N3O3. The molecule has 0 bridgehead atoms. The lowest BCUT2D eigenvalue weighted by molar-refractivity contribution is 0.0969. The number of nitrogens with two attached hydrogens (primary N) is 1. The Morgan fingerprint density at radius 2 is 2.16 bits per heavy atom. The molecule has 0 radical (unpaired) electrons. The molecule has 0 saturated carbocycles. The van der Waals surface area contributed by atoms with Crippen molar-refractivity contribution in [2.75, 3.05) is 25.6 Å². The number of benzene rings is 1. The van der Waals surface area contributed by atoms with Crippen LogP contribution in [0.5, 0.6) is 0 Å². The van der Waals surface area contributed by atoms with Crippen molar-refractivity contribution < 1.29 is 14.3 Å². The van der Waals surface area contributed by atoms with Crippen molar-refractivity contribution in [1.29, 1.82) is 0 Å². The van der Waals surface area contributed by atoms with Gasteiger partial charge in [0, 0.05) is 48.9 Å². The van der Waals surface area contributed by atoms with Gasteiger partial charge >= 0.3 is 0 Å². The molecule has 3 rings (SSSR count). The van der Waals surface area contributed by atoms with Crippen LogP contribution >= 0.6 is 0 Å². The Kier molecular flexibility index (Phi) is 4.90. The minimum absolute atomic E-state index is 0.213. The molecule has 1 aliphatic carbocycles. The van der Waals surface area contributed by atoms with Crippen molar-refractivity contribution in [2.24, 2.45) is 5.73 Å². The van der Waals surface area contributed by atoms with E-state index in [1.165, 1.54) is 0 Å². The second-order valence-electron chi connectivity index (χ2n) is 6.29. The van der Waals surface area contributed by atoms with Gasteiger partial charge in [0.1, 0.15) is 0 Å². The van der Waals surface area contributed by atoms with Crippen LogP contribution < -0.4 is 11.1 Å². The van der Waals surface area contributed by atoms with Gasteiger partial charge in [0.2, 0.25) is 0 Å². The summed E-state index contributed by atoms with van der Waals surface area (Å²) in [6.07, 6.45) is 4.35. The van der Waals surface area contributed by atoms with E-state index in [4.69, 9.17) is 10.5 Å². The lowest BCUT2D eigenvalue weighted by Crippen LogP contribution is -2.17. The molecule has 2 aromatic rings. The number of carbonyl (C=O) groups excluding carboxylic acids is 2. The lowest BCUT2D eigenvalue weighted by atomic mass is 9.94. The fourth-order valence-electron chi connectivity index (χ4n) is 3.41. The number of nitrogens with zero attached hydrogens (tertiary/aromatic N) is 1. The Balaban J connectivity index is 2.03. The van der Waals surface area contributed by atoms with Gasteiger partial charge in [-0.05, 0) is 43.5 Å². The molecule has 0 aliphatic heterocycles. The molecule has 1 amide bonds. The zero-order valence-electron chi connectivity index (χ0n) is 14.6. The minimum Gasteiger partial charge on any atom is -0.383 e. The quantitative estimate of drug-likeness (QED) is 0.790. The highest BCUT2D eigenvalue weighted by Crippen LogP contribution is 2.30. The molecule has 1 aliphatic rings. The van der Waals surface area contributed by atoms with E-state index < -0.39 is 5.91 Å². The monoisotopic (exact) mass is 341 g/mol. The molecular weight excluding hydrogens is 318 g/mol. The summed E-state index contributed by atoms with van der Waals surface area (Å²) >= 11 is 0. The Morgan fingerprint density at radius 3 is 2.88 bits per heavy atom. The number of amides is 1. The van der Waals surface area contributed by atoms with E-state index in [1.807, 2.05) is 29.8 Å². The average Bonchev–Trinajstić information content (AvgIpc) is 2.93. The molecule has 1 aromatic heterocycles. The van der Waals surface area contributed by atoms with Gasteiger partial charge in [-0.3, -0.25) is 9.59 Å². The molecule has 0 saturated heterocycles. The molecule has 132 valence electrons. The first-order chi connectivity index (χ1) is 12.0. The third-order valence-corrected chi connectivity index (χ3v) is 4.56. The average molecular weight is 341 g/mol. The number of aryl methyl sites for hydroxylation is 1. The van der Waals surface area contributed by atoms with Gasteiger partial charge in [-0.25, -0.2) is 0 Å². The predicted octanol–water partition coefficient (Wildman–Crippen LogP) is 2.46. The number of primary amides is 1. The van der Waals surface area contributed by atoms with Gasteiger partial charge in [-0.15, -0.1) is 0 Å². The highest BCUT2D eigenvalue weighted by atomic mass is 16.5. The van der Waals surface area contributed by atoms with Crippen LogP contribution in [-0.4, -0.2) is 36.5 Å². The summed E-state index contributed by atoms with van der Waals surface area (Å²) in [6, 6.07) is 5.48. The van der Waals surface area contributed by atoms with Gasteiger partial charge in [0.15, 0.2) is 5.78 Å². The normalized spacial score (nSPS) is 13.6. The number of aromatic nitrogens is 1. The van der Waals surface area contributed by atoms with Crippen LogP contribution in [0.25, 0.3) is 5.69 Å². The van der Waals surface area contributed by atoms with Crippen LogP contribution in [0.15, 0.2) is 24.4 Å². The number of fused-ring (bicyclic) bond motifs is 1. The van der Waals surface area contributed by atoms with E-state index in [9.17, 15) is 9.59 Å². The molecule has 0 fully saturated rings. The van der Waals surface area contributed by atoms with Gasteiger partial charge < -0.3 is 20.4 Å². The molecule has 3 N–H and O–H groups in total. The highest BCUT2D eigenvalue weighted by Gasteiger charge is 2.24. The largest absolute Gasteiger partial charge is 0.383 e. The standard InChI is InChI=1S/C19H23N3O3/c1-12-11-22(16-4-3-5-17(23)18(12)16)13-6-7-14(19(20)24)15(10-13)21-8-9-25-2/h6-7,10-11,21H,3-5,8-9H2,1-2H3,(H2,20,24). The zero-order chi connectivity index (χ0) is 18.0. The zero-order valence-corrected chi connectivity index (χ0v) is 14.6. The molecule has 0 spiro atoms. The number of hydrogen-bond donors (Lipinski definition) is 2. The summed E-state index contributed by atoms with van der Waals surface area (Å²) in [5.74, 6) is -0.267. The van der Waals surface area contributed by atoms with Crippen LogP contribution in [0, 0.1) is 6.92 Å². The molecule has 25 heavy (non-hydrogen) atoms. The van der Waals surface area contributed by atoms with Crippen molar-refractivity contribution in [1.82, 2.24) is 4.57 Å². The van der Waals surface area contributed by atoms with Crippen LogP contribution in [0.1, 0.15) is 44.8 Å². The Bertz CT molecular complexity index is 824. The number of nitrogens with one attached hydrogen (secondary N) is 1. The van der Waals surface area contributed by atoms with Gasteiger partial charge in [0.25, 0.3) is 5.91 Å². The van der Waals surface area contributed by atoms with Crippen molar-refractivity contribution >= 4 is 17.4 Å². The second-order valence-corrected chi connectivity index (χ2v) is 6.29. The Morgan fingerprint density at radius 1 is 1.36 bits per heavy atom. The molecule has 1 heterocycles. The topological polar surface area (TPSA) is 86.3 Å². The number of ketones is 1. The lowest BCUT2D eigenvalue weighted by Gasteiger charge is -2.17. The van der Waals surface area contributed by atoms with E-state index >= 15 is 0 Å². The smallest absolute Gasteiger partial charge is 0.250 e. The first-order valence-corrected chi connectivity index (χ1v) is 8.44. The fourth-order valence-corrected chi connectivity index (χ4v) is 3.41. The van der Waals surface area contributed by atoms with Crippen LogP contribution in [-0.2, 0) is 11.2 Å². The van der Waals surface area contributed by atoms with Gasteiger partial charge in [-0.1, -0.05) is 0 Å². The SMILES string of the molecule is COCCNc1cc(-n2cc(C)c3c2CCCC3=O)ccc1C(N)=O. The number of carbonyl (C=O) groups is 2. The molecule has 0 atom stereocenters. The van der Waals surface area contributed by atoms with Crippen molar-refractivity contribution in [2.45, 2.75) is 26.2 Å². The van der Waals surface area contributed by atoms with E-state index in [1.54, 1.807) is 13.2 Å². The van der Waals surface area contributed by atoms with E-state index in [0.717, 1.165) is 35.3 Å². The van der Waals surface area contributed by atoms with Gasteiger partial charge in [0.05, 0.1) is 12.2 Å². The summed E-state index contributed by atoms with van der Waals surface area (Å²) in [5, 5.41) is 3.20. The predicted molar refractivity (Wildman–Crippen MR) is 96.7 cm³/mol. The number of methoxy groups -OCH3 is 1. The van der Waals surface area contributed by atoms with E-state index in [2.05, 4.69) is 5.32 Å². The van der Waals surface area contributed by atoms with Crippen molar-refractivity contribution in [3.63, 3.8) is 0 Å². The maximum absolute atomic E-state index is 12.2. The minimum atomic E-state index is -0.479. The van der Waals surface area contributed by atoms with E-state index in [0.29, 0.717) is 30.8 Å². The second kappa shape index (κ2) is 7.11. The Labute approximate surface area is 147 Å². The summed E-state index contributed by atoms with van der Waals surface area (Å²) in [6.45, 7) is 3.06. The van der Waals surface area contributed by atoms with Crippen molar-refractivity contribution in [3.05, 3.63) is 46.8 Å². The summed E-state index contributed by atoms with van der Waals surface area (Å²) in [7, 11) is 1.62. The fraction of sp³-hybridized carbons (Fsp3) is 0.368. The van der Waals surface area contributed by atoms with Crippen LogP contribution in [0.4, 0.5) is 5.69 Å². The maximum atomic E-state index is 12.2. The summed E-state index contributed by atoms with van der Waals surface area (Å²) < 4.78 is 7.10. The number of Topliss-reactive ketones (excluding diaryl/α,β-unsaturated/α-hetero) is 1. The molecule has 0 unspecified atom stereocenters. The van der Waals surface area contributed by atoms with Crippen LogP contribution in [0.2, 0.25) is 0 Å². The first-order valence-electron chi connectivity index (χ1n) is 8.44. The molecule has 6 nitrogen and oxygen atoms in total. The Hall–Kier alpha value is -2.60. The van der Waals surface area contributed by atoms with Gasteiger partial charge in [-0.2, -0.15) is 0 Å². The number of hydrogen-bond acceptors (Lipinski definition) is 4. The van der Waals surface area contributed by atoms with E-state index in [-0.39, 0.29) is 5.78 Å². The summed E-state index contributed by atoms with van der Waals surface area (Å²) in [4.78, 5) is 23.9. The number of rotatable bonds is 6.